The SMILES string of the molecule is CC1CCC(Cn2c(N3CCC[C@@H]3C)nc3cc(-c4noc(=O)[nH]4)nc(-c4cncc(Cl)c4)c32)CC1. The predicted octanol–water partition coefficient (Wildman–Crippen LogP) is 5.31. The average molecular weight is 508 g/mol. The summed E-state index contributed by atoms with van der Waals surface area (Å²) in [6.07, 6.45) is 10.6. The van der Waals surface area contributed by atoms with E-state index in [0.29, 0.717) is 22.7 Å². The summed E-state index contributed by atoms with van der Waals surface area (Å²) in [6.45, 7) is 6.50. The third kappa shape index (κ3) is 4.30. The van der Waals surface area contributed by atoms with Crippen LogP contribution >= 0.6 is 11.6 Å². The first-order valence-electron chi connectivity index (χ1n) is 12.8. The van der Waals surface area contributed by atoms with Crippen molar-refractivity contribution in [3.63, 3.8) is 0 Å². The van der Waals surface area contributed by atoms with Gasteiger partial charge >= 0.3 is 5.76 Å². The van der Waals surface area contributed by atoms with E-state index in [9.17, 15) is 4.79 Å². The van der Waals surface area contributed by atoms with Crippen LogP contribution in [0.3, 0.4) is 0 Å². The molecule has 4 aromatic rings. The molecular weight excluding hydrogens is 478 g/mol. The number of halogens is 1. The lowest BCUT2D eigenvalue weighted by Crippen LogP contribution is -2.30. The van der Waals surface area contributed by atoms with Gasteiger partial charge in [0.15, 0.2) is 0 Å². The fourth-order valence-corrected chi connectivity index (χ4v) is 5.91. The van der Waals surface area contributed by atoms with Crippen molar-refractivity contribution >= 4 is 28.6 Å². The van der Waals surface area contributed by atoms with Crippen molar-refractivity contribution in [3.8, 4) is 22.8 Å². The van der Waals surface area contributed by atoms with Gasteiger partial charge in [-0.3, -0.25) is 14.5 Å². The molecule has 1 atom stereocenters. The Labute approximate surface area is 213 Å². The number of rotatable bonds is 5. The number of aromatic amines is 1. The molecule has 0 bridgehead atoms. The van der Waals surface area contributed by atoms with Gasteiger partial charge in [0.05, 0.1) is 21.7 Å². The molecule has 6 rings (SSSR count). The molecule has 2 fully saturated rings. The lowest BCUT2D eigenvalue weighted by Gasteiger charge is -2.29. The first-order chi connectivity index (χ1) is 17.5. The molecule has 0 radical (unpaired) electrons. The highest BCUT2D eigenvalue weighted by atomic mass is 35.5. The smallest absolute Gasteiger partial charge is 0.340 e. The number of hydrogen-bond acceptors (Lipinski definition) is 7. The first kappa shape index (κ1) is 23.2. The van der Waals surface area contributed by atoms with Gasteiger partial charge in [-0.05, 0) is 56.6 Å². The summed E-state index contributed by atoms with van der Waals surface area (Å²) < 4.78 is 7.13. The number of pyridine rings is 2. The zero-order valence-corrected chi connectivity index (χ0v) is 21.3. The van der Waals surface area contributed by atoms with Crippen LogP contribution in [0.1, 0.15) is 52.4 Å². The van der Waals surface area contributed by atoms with Gasteiger partial charge in [-0.1, -0.05) is 36.5 Å². The highest BCUT2D eigenvalue weighted by Crippen LogP contribution is 2.38. The van der Waals surface area contributed by atoms with Crippen LogP contribution in [0, 0.1) is 11.8 Å². The summed E-state index contributed by atoms with van der Waals surface area (Å²) in [6, 6.07) is 4.17. The molecule has 1 N–H and O–H groups in total. The molecule has 1 aliphatic heterocycles. The van der Waals surface area contributed by atoms with Crippen LogP contribution in [0.5, 0.6) is 0 Å². The van der Waals surface area contributed by atoms with Crippen LogP contribution < -0.4 is 10.7 Å². The van der Waals surface area contributed by atoms with Crippen molar-refractivity contribution in [3.05, 3.63) is 40.1 Å². The quantitative estimate of drug-likeness (QED) is 0.390. The van der Waals surface area contributed by atoms with Gasteiger partial charge in [-0.25, -0.2) is 14.8 Å². The molecule has 1 aliphatic carbocycles. The fourth-order valence-electron chi connectivity index (χ4n) is 5.74. The fraction of sp³-hybridized carbons (Fsp3) is 0.500. The van der Waals surface area contributed by atoms with Crippen molar-refractivity contribution in [1.82, 2.24) is 29.7 Å². The predicted molar refractivity (Wildman–Crippen MR) is 139 cm³/mol. The number of H-pyrrole nitrogens is 1. The molecule has 2 aliphatic rings. The number of nitrogens with one attached hydrogen (secondary N) is 1. The molecule has 0 spiro atoms. The molecule has 4 aromatic heterocycles. The second-order valence-electron chi connectivity index (χ2n) is 10.4. The van der Waals surface area contributed by atoms with Crippen molar-refractivity contribution in [2.75, 3.05) is 11.4 Å². The number of hydrogen-bond donors (Lipinski definition) is 1. The van der Waals surface area contributed by atoms with Gasteiger partial charge < -0.3 is 9.47 Å². The Kier molecular flexibility index (Phi) is 6.03. The van der Waals surface area contributed by atoms with Crippen molar-refractivity contribution in [2.24, 2.45) is 11.8 Å². The number of imidazole rings is 1. The molecule has 1 saturated heterocycles. The summed E-state index contributed by atoms with van der Waals surface area (Å²) in [5.74, 6) is 2.01. The summed E-state index contributed by atoms with van der Waals surface area (Å²) in [4.78, 5) is 31.2. The van der Waals surface area contributed by atoms with E-state index in [2.05, 4.69) is 38.4 Å². The lowest BCUT2D eigenvalue weighted by atomic mass is 9.83. The molecule has 0 amide bonds. The van der Waals surface area contributed by atoms with E-state index in [1.807, 2.05) is 12.1 Å². The maximum atomic E-state index is 11.7. The normalized spacial score (nSPS) is 22.5. The Hall–Kier alpha value is -3.20. The molecule has 0 aromatic carbocycles. The number of aromatic nitrogens is 6. The minimum atomic E-state index is -0.624. The van der Waals surface area contributed by atoms with Gasteiger partial charge in [0, 0.05) is 37.1 Å². The van der Waals surface area contributed by atoms with Crippen LogP contribution in [0.4, 0.5) is 5.95 Å². The summed E-state index contributed by atoms with van der Waals surface area (Å²) in [5, 5.41) is 4.40. The first-order valence-corrected chi connectivity index (χ1v) is 13.2. The van der Waals surface area contributed by atoms with E-state index in [4.69, 9.17) is 26.1 Å². The van der Waals surface area contributed by atoms with Gasteiger partial charge in [0.25, 0.3) is 0 Å². The Morgan fingerprint density at radius 1 is 1.11 bits per heavy atom. The van der Waals surface area contributed by atoms with E-state index in [0.717, 1.165) is 60.1 Å². The number of anilines is 1. The Bertz CT molecular complexity index is 1450. The largest absolute Gasteiger partial charge is 0.439 e. The minimum Gasteiger partial charge on any atom is -0.340 e. The molecule has 36 heavy (non-hydrogen) atoms. The minimum absolute atomic E-state index is 0.269. The molecule has 0 unspecified atom stereocenters. The molecule has 1 saturated carbocycles. The molecule has 9 nitrogen and oxygen atoms in total. The highest BCUT2D eigenvalue weighted by molar-refractivity contribution is 6.30. The Morgan fingerprint density at radius 2 is 1.94 bits per heavy atom. The van der Waals surface area contributed by atoms with E-state index in [1.165, 1.54) is 25.7 Å². The lowest BCUT2D eigenvalue weighted by molar-refractivity contribution is 0.267. The Morgan fingerprint density at radius 3 is 2.64 bits per heavy atom. The van der Waals surface area contributed by atoms with Gasteiger partial charge in [-0.15, -0.1) is 0 Å². The van der Waals surface area contributed by atoms with Gasteiger partial charge in [0.2, 0.25) is 11.8 Å². The number of fused-ring (bicyclic) bond motifs is 1. The van der Waals surface area contributed by atoms with Crippen LogP contribution in [-0.4, -0.2) is 42.2 Å². The second-order valence-corrected chi connectivity index (χ2v) is 10.8. The maximum Gasteiger partial charge on any atom is 0.439 e. The monoisotopic (exact) mass is 507 g/mol. The molecule has 188 valence electrons. The van der Waals surface area contributed by atoms with Crippen LogP contribution in [0.25, 0.3) is 33.8 Å². The third-order valence-corrected chi connectivity index (χ3v) is 7.96. The standard InChI is InChI=1S/C26H30ClN7O2/c1-15-5-7-17(8-6-15)14-34-23-20(30-25(34)33-9-3-4-16(33)2)11-21(24-31-26(35)36-32-24)29-22(23)18-10-19(27)13-28-12-18/h10-13,15-17H,3-9,14H2,1-2H3,(H,31,32,35)/t15?,16-,17?/m0/s1. The highest BCUT2D eigenvalue weighted by Gasteiger charge is 2.30. The van der Waals surface area contributed by atoms with Crippen molar-refractivity contribution < 1.29 is 4.52 Å². The van der Waals surface area contributed by atoms with Crippen LogP contribution in [0.2, 0.25) is 5.02 Å². The number of nitrogens with zero attached hydrogens (tertiary/aromatic N) is 6. The van der Waals surface area contributed by atoms with E-state index in [1.54, 1.807) is 12.4 Å². The van der Waals surface area contributed by atoms with E-state index < -0.39 is 5.76 Å². The van der Waals surface area contributed by atoms with Gasteiger partial charge in [-0.2, -0.15) is 0 Å². The third-order valence-electron chi connectivity index (χ3n) is 7.75. The van der Waals surface area contributed by atoms with E-state index in [-0.39, 0.29) is 5.82 Å². The average Bonchev–Trinajstić information content (AvgIpc) is 3.58. The topological polar surface area (TPSA) is 106 Å². The van der Waals surface area contributed by atoms with Crippen LogP contribution in [-0.2, 0) is 6.54 Å². The molecule has 10 heteroatoms. The van der Waals surface area contributed by atoms with Crippen molar-refractivity contribution in [2.45, 2.75) is 65.0 Å². The maximum absolute atomic E-state index is 11.7. The summed E-state index contributed by atoms with van der Waals surface area (Å²) >= 11 is 6.35. The van der Waals surface area contributed by atoms with E-state index >= 15 is 0 Å². The summed E-state index contributed by atoms with van der Waals surface area (Å²) in [7, 11) is 0. The zero-order valence-electron chi connectivity index (χ0n) is 20.6. The van der Waals surface area contributed by atoms with Crippen LogP contribution in [0.15, 0.2) is 33.8 Å². The summed E-state index contributed by atoms with van der Waals surface area (Å²) in [5.41, 5.74) is 3.76. The van der Waals surface area contributed by atoms with Crippen molar-refractivity contribution in [1.29, 1.82) is 0 Å². The van der Waals surface area contributed by atoms with Gasteiger partial charge in [0.1, 0.15) is 5.69 Å². The second kappa shape index (κ2) is 9.35. The molecule has 5 heterocycles. The Balaban J connectivity index is 1.58. The molecular formula is C26H30ClN7O2. The zero-order chi connectivity index (χ0) is 24.8.